The summed E-state index contributed by atoms with van der Waals surface area (Å²) >= 11 is 0. The van der Waals surface area contributed by atoms with Crippen LogP contribution in [0.25, 0.3) is 0 Å². The minimum absolute atomic E-state index is 0.0140. The molecule has 150 valence electrons. The number of benzene rings is 2. The first-order valence-electron chi connectivity index (χ1n) is 10.3. The number of fused-ring (bicyclic) bond motifs is 5. The normalized spacial score (nSPS) is 26.5. The summed E-state index contributed by atoms with van der Waals surface area (Å²) < 4.78 is 32.7. The van der Waals surface area contributed by atoms with Gasteiger partial charge in [-0.25, -0.2) is 4.39 Å². The van der Waals surface area contributed by atoms with Crippen LogP contribution in [0.15, 0.2) is 24.3 Å². The number of aryl methyl sites for hydroxylation is 1. The SMILES string of the molecule is Cc1ccc(F)c2c1N(C[C@H]1CCCO1)C(=O)C21COc2cc3c(cc21)CCO3. The van der Waals surface area contributed by atoms with Gasteiger partial charge in [-0.2, -0.15) is 0 Å². The highest BCUT2D eigenvalue weighted by Crippen LogP contribution is 2.55. The monoisotopic (exact) mass is 395 g/mol. The Labute approximate surface area is 168 Å². The number of halogens is 1. The van der Waals surface area contributed by atoms with E-state index in [-0.39, 0.29) is 24.4 Å². The van der Waals surface area contributed by atoms with Crippen molar-refractivity contribution in [1.29, 1.82) is 0 Å². The fourth-order valence-electron chi connectivity index (χ4n) is 5.34. The minimum Gasteiger partial charge on any atom is -0.493 e. The molecule has 0 aliphatic carbocycles. The highest BCUT2D eigenvalue weighted by Gasteiger charge is 2.59. The molecule has 0 radical (unpaired) electrons. The van der Waals surface area contributed by atoms with Crippen molar-refractivity contribution in [1.82, 2.24) is 0 Å². The Balaban J connectivity index is 1.56. The quantitative estimate of drug-likeness (QED) is 0.783. The molecule has 4 aliphatic heterocycles. The van der Waals surface area contributed by atoms with Gasteiger partial charge in [0.15, 0.2) is 0 Å². The molecule has 0 bridgehead atoms. The van der Waals surface area contributed by atoms with E-state index >= 15 is 4.39 Å². The van der Waals surface area contributed by atoms with Crippen molar-refractivity contribution in [3.63, 3.8) is 0 Å². The van der Waals surface area contributed by atoms with E-state index in [9.17, 15) is 4.79 Å². The Kier molecular flexibility index (Phi) is 3.55. The maximum absolute atomic E-state index is 15.3. The number of amides is 1. The largest absolute Gasteiger partial charge is 0.493 e. The molecular weight excluding hydrogens is 373 g/mol. The Bertz CT molecular complexity index is 1050. The fourth-order valence-corrected chi connectivity index (χ4v) is 5.34. The average Bonchev–Trinajstić information content (AvgIpc) is 3.48. The molecule has 0 saturated carbocycles. The summed E-state index contributed by atoms with van der Waals surface area (Å²) in [5.41, 5.74) is 2.68. The van der Waals surface area contributed by atoms with Gasteiger partial charge in [0.25, 0.3) is 0 Å². The molecule has 2 aromatic rings. The summed E-state index contributed by atoms with van der Waals surface area (Å²) in [5.74, 6) is 0.938. The Morgan fingerprint density at radius 3 is 2.93 bits per heavy atom. The number of hydrogen-bond donors (Lipinski definition) is 0. The topological polar surface area (TPSA) is 48.0 Å². The van der Waals surface area contributed by atoms with E-state index in [2.05, 4.69) is 0 Å². The van der Waals surface area contributed by atoms with Gasteiger partial charge in [-0.05, 0) is 43.0 Å². The van der Waals surface area contributed by atoms with Crippen LogP contribution >= 0.6 is 0 Å². The Hall–Kier alpha value is -2.60. The molecular formula is C23H22FNO4. The van der Waals surface area contributed by atoms with Crippen LogP contribution in [0.1, 0.15) is 35.1 Å². The van der Waals surface area contributed by atoms with Crippen LogP contribution < -0.4 is 14.4 Å². The predicted octanol–water partition coefficient (Wildman–Crippen LogP) is 3.27. The first kappa shape index (κ1) is 17.3. The first-order chi connectivity index (χ1) is 14.1. The van der Waals surface area contributed by atoms with E-state index in [1.165, 1.54) is 6.07 Å². The van der Waals surface area contributed by atoms with Gasteiger partial charge in [0, 0.05) is 30.2 Å². The molecule has 1 spiro atoms. The lowest BCUT2D eigenvalue weighted by molar-refractivity contribution is -0.122. The molecule has 2 atom stereocenters. The van der Waals surface area contributed by atoms with Crippen LogP contribution in [0.4, 0.5) is 10.1 Å². The summed E-state index contributed by atoms with van der Waals surface area (Å²) in [5, 5.41) is 0. The molecule has 4 aliphatic rings. The van der Waals surface area contributed by atoms with E-state index in [0.717, 1.165) is 41.7 Å². The number of hydrogen-bond acceptors (Lipinski definition) is 4. The molecule has 1 amide bonds. The number of ether oxygens (including phenoxy) is 3. The number of nitrogens with zero attached hydrogens (tertiary/aromatic N) is 1. The maximum Gasteiger partial charge on any atom is 0.246 e. The summed E-state index contributed by atoms with van der Waals surface area (Å²) in [6.45, 7) is 3.82. The van der Waals surface area contributed by atoms with Crippen LogP contribution in [0.3, 0.4) is 0 Å². The van der Waals surface area contributed by atoms with Gasteiger partial charge in [0.1, 0.15) is 29.3 Å². The maximum atomic E-state index is 15.3. The number of anilines is 1. The molecule has 6 rings (SSSR count). The molecule has 2 aromatic carbocycles. The smallest absolute Gasteiger partial charge is 0.246 e. The van der Waals surface area contributed by atoms with Gasteiger partial charge in [0.2, 0.25) is 5.91 Å². The van der Waals surface area contributed by atoms with Gasteiger partial charge in [-0.3, -0.25) is 4.79 Å². The van der Waals surface area contributed by atoms with Crippen LogP contribution in [0, 0.1) is 12.7 Å². The fraction of sp³-hybridized carbons (Fsp3) is 0.435. The lowest BCUT2D eigenvalue weighted by atomic mass is 9.76. The second-order valence-corrected chi connectivity index (χ2v) is 8.39. The van der Waals surface area contributed by atoms with Crippen molar-refractivity contribution in [2.45, 2.75) is 37.7 Å². The zero-order valence-corrected chi connectivity index (χ0v) is 16.3. The van der Waals surface area contributed by atoms with E-state index in [1.807, 2.05) is 19.1 Å². The van der Waals surface area contributed by atoms with E-state index in [0.29, 0.717) is 36.8 Å². The summed E-state index contributed by atoms with van der Waals surface area (Å²) in [6, 6.07) is 7.06. The molecule has 1 fully saturated rings. The second kappa shape index (κ2) is 5.95. The van der Waals surface area contributed by atoms with Gasteiger partial charge in [0.05, 0.1) is 24.9 Å². The van der Waals surface area contributed by atoms with E-state index < -0.39 is 5.41 Å². The molecule has 29 heavy (non-hydrogen) atoms. The Morgan fingerprint density at radius 1 is 1.21 bits per heavy atom. The lowest BCUT2D eigenvalue weighted by Crippen LogP contribution is -2.45. The molecule has 4 heterocycles. The van der Waals surface area contributed by atoms with E-state index in [4.69, 9.17) is 14.2 Å². The van der Waals surface area contributed by atoms with Crippen molar-refractivity contribution >= 4 is 11.6 Å². The molecule has 6 heteroatoms. The third kappa shape index (κ3) is 2.21. The minimum atomic E-state index is -1.14. The number of rotatable bonds is 2. The van der Waals surface area contributed by atoms with Gasteiger partial charge < -0.3 is 19.1 Å². The first-order valence-corrected chi connectivity index (χ1v) is 10.3. The van der Waals surface area contributed by atoms with Crippen molar-refractivity contribution < 1.29 is 23.4 Å². The summed E-state index contributed by atoms with van der Waals surface area (Å²) in [4.78, 5) is 15.7. The summed E-state index contributed by atoms with van der Waals surface area (Å²) in [7, 11) is 0. The van der Waals surface area contributed by atoms with Gasteiger partial charge in [-0.15, -0.1) is 0 Å². The predicted molar refractivity (Wildman–Crippen MR) is 104 cm³/mol. The molecule has 5 nitrogen and oxygen atoms in total. The van der Waals surface area contributed by atoms with Gasteiger partial charge >= 0.3 is 0 Å². The number of carbonyl (C=O) groups excluding carboxylic acids is 1. The van der Waals surface area contributed by atoms with Crippen molar-refractivity contribution in [3.05, 3.63) is 52.3 Å². The summed E-state index contributed by atoms with van der Waals surface area (Å²) in [6.07, 6.45) is 2.68. The molecule has 1 unspecified atom stereocenters. The third-order valence-electron chi connectivity index (χ3n) is 6.74. The van der Waals surface area contributed by atoms with Crippen molar-refractivity contribution in [3.8, 4) is 11.5 Å². The zero-order chi connectivity index (χ0) is 19.8. The number of carbonyl (C=O) groups is 1. The van der Waals surface area contributed by atoms with Crippen LogP contribution in [-0.4, -0.2) is 38.4 Å². The molecule has 0 N–H and O–H groups in total. The van der Waals surface area contributed by atoms with Crippen LogP contribution in [-0.2, 0) is 21.4 Å². The molecule has 1 saturated heterocycles. The van der Waals surface area contributed by atoms with E-state index in [1.54, 1.807) is 11.0 Å². The average molecular weight is 395 g/mol. The zero-order valence-electron chi connectivity index (χ0n) is 16.3. The Morgan fingerprint density at radius 2 is 2.10 bits per heavy atom. The van der Waals surface area contributed by atoms with Crippen LogP contribution in [0.5, 0.6) is 11.5 Å². The van der Waals surface area contributed by atoms with Crippen molar-refractivity contribution in [2.24, 2.45) is 0 Å². The standard InChI is InChI=1S/C23H22FNO4/c1-13-4-5-17(24)20-21(13)25(11-15-3-2-7-27-15)22(26)23(20)12-29-19-10-18-14(6-8-28-18)9-16(19)23/h4-5,9-10,15H,2-3,6-8,11-12H2,1H3/t15-,23?/m1/s1. The lowest BCUT2D eigenvalue weighted by Gasteiger charge is -2.25. The second-order valence-electron chi connectivity index (χ2n) is 8.39. The molecule has 0 aromatic heterocycles. The van der Waals surface area contributed by atoms with Crippen LogP contribution in [0.2, 0.25) is 0 Å². The highest BCUT2D eigenvalue weighted by atomic mass is 19.1. The third-order valence-corrected chi connectivity index (χ3v) is 6.74. The van der Waals surface area contributed by atoms with Crippen molar-refractivity contribution in [2.75, 3.05) is 31.3 Å². The van der Waals surface area contributed by atoms with Gasteiger partial charge in [-0.1, -0.05) is 6.07 Å². The highest BCUT2D eigenvalue weighted by molar-refractivity contribution is 6.12.